The summed E-state index contributed by atoms with van der Waals surface area (Å²) in [6.45, 7) is 4.72. The van der Waals surface area contributed by atoms with E-state index in [0.717, 1.165) is 22.0 Å². The van der Waals surface area contributed by atoms with Crippen molar-refractivity contribution in [2.24, 2.45) is 0 Å². The first-order valence-electron chi connectivity index (χ1n) is 8.96. The van der Waals surface area contributed by atoms with Crippen molar-refractivity contribution in [2.45, 2.75) is 39.3 Å². The van der Waals surface area contributed by atoms with Crippen LogP contribution in [-0.4, -0.2) is 29.3 Å². The number of carbonyl (C=O) groups is 2. The molecule has 0 aliphatic carbocycles. The predicted molar refractivity (Wildman–Crippen MR) is 113 cm³/mol. The Morgan fingerprint density at radius 2 is 1.85 bits per heavy atom. The molecule has 0 radical (unpaired) electrons. The van der Waals surface area contributed by atoms with Crippen molar-refractivity contribution in [1.29, 1.82) is 0 Å². The summed E-state index contributed by atoms with van der Waals surface area (Å²) in [5.41, 5.74) is 1.79. The van der Waals surface area contributed by atoms with Crippen LogP contribution < -0.4 is 5.32 Å². The lowest BCUT2D eigenvalue weighted by Gasteiger charge is -2.29. The van der Waals surface area contributed by atoms with Crippen molar-refractivity contribution >= 4 is 39.3 Å². The second kappa shape index (κ2) is 10.5. The van der Waals surface area contributed by atoms with Gasteiger partial charge in [0.2, 0.25) is 11.8 Å². The Morgan fingerprint density at radius 3 is 2.48 bits per heavy atom. The van der Waals surface area contributed by atoms with Crippen LogP contribution in [0.2, 0.25) is 5.02 Å². The maximum absolute atomic E-state index is 13.0. The molecule has 144 valence electrons. The summed E-state index contributed by atoms with van der Waals surface area (Å²) in [5.74, 6) is -0.257. The van der Waals surface area contributed by atoms with Crippen molar-refractivity contribution < 1.29 is 9.59 Å². The fourth-order valence-corrected chi connectivity index (χ4v) is 3.17. The lowest BCUT2D eigenvalue weighted by molar-refractivity contribution is -0.140. The van der Waals surface area contributed by atoms with E-state index >= 15 is 0 Å². The van der Waals surface area contributed by atoms with Gasteiger partial charge in [-0.15, -0.1) is 0 Å². The number of benzene rings is 2. The first-order valence-corrected chi connectivity index (χ1v) is 10.1. The molecule has 0 heterocycles. The van der Waals surface area contributed by atoms with Crippen LogP contribution in [0.15, 0.2) is 53.0 Å². The van der Waals surface area contributed by atoms with Gasteiger partial charge in [-0.05, 0) is 48.7 Å². The molecule has 0 aliphatic rings. The van der Waals surface area contributed by atoms with Crippen molar-refractivity contribution in [3.8, 4) is 0 Å². The number of hydrogen-bond acceptors (Lipinski definition) is 2. The fraction of sp³-hybridized carbons (Fsp3) is 0.333. The third-order valence-electron chi connectivity index (χ3n) is 4.23. The maximum Gasteiger partial charge on any atom is 0.242 e. The lowest BCUT2D eigenvalue weighted by Crippen LogP contribution is -2.48. The molecule has 2 aromatic rings. The van der Waals surface area contributed by atoms with Gasteiger partial charge in [-0.3, -0.25) is 9.59 Å². The van der Waals surface area contributed by atoms with Gasteiger partial charge in [0, 0.05) is 22.6 Å². The molecule has 0 bridgehead atoms. The summed E-state index contributed by atoms with van der Waals surface area (Å²) in [4.78, 5) is 27.1. The molecular formula is C21H24BrClN2O2. The van der Waals surface area contributed by atoms with E-state index in [-0.39, 0.29) is 18.2 Å². The smallest absolute Gasteiger partial charge is 0.242 e. The van der Waals surface area contributed by atoms with E-state index in [1.807, 2.05) is 43.3 Å². The number of nitrogens with one attached hydrogen (secondary N) is 1. The van der Waals surface area contributed by atoms with Crippen LogP contribution >= 0.6 is 27.5 Å². The number of nitrogens with zero attached hydrogens (tertiary/aromatic N) is 1. The van der Waals surface area contributed by atoms with Gasteiger partial charge >= 0.3 is 0 Å². The molecule has 0 fully saturated rings. The third-order valence-corrected chi connectivity index (χ3v) is 4.99. The number of carbonyl (C=O) groups excluding carboxylic acids is 2. The summed E-state index contributed by atoms with van der Waals surface area (Å²) in [7, 11) is 0. The van der Waals surface area contributed by atoms with Gasteiger partial charge in [-0.25, -0.2) is 0 Å². The normalized spacial score (nSPS) is 11.7. The number of amides is 2. The Kier molecular flexibility index (Phi) is 8.32. The molecule has 1 N–H and O–H groups in total. The molecule has 2 aromatic carbocycles. The first-order chi connectivity index (χ1) is 12.9. The molecule has 0 spiro atoms. The Bertz CT molecular complexity index is 780. The quantitative estimate of drug-likeness (QED) is 0.638. The fourth-order valence-electron chi connectivity index (χ4n) is 2.69. The first kappa shape index (κ1) is 21.5. The average molecular weight is 452 g/mol. The summed E-state index contributed by atoms with van der Waals surface area (Å²) in [6, 6.07) is 14.4. The summed E-state index contributed by atoms with van der Waals surface area (Å²) < 4.78 is 0.969. The number of halogens is 2. The van der Waals surface area contributed by atoms with Crippen LogP contribution in [0.1, 0.15) is 31.4 Å². The van der Waals surface area contributed by atoms with E-state index in [0.29, 0.717) is 18.1 Å². The molecule has 0 aliphatic heterocycles. The van der Waals surface area contributed by atoms with Crippen molar-refractivity contribution in [3.05, 3.63) is 69.2 Å². The second-order valence-corrected chi connectivity index (χ2v) is 7.77. The Morgan fingerprint density at radius 1 is 1.15 bits per heavy atom. The standard InChI is InChI=1S/C21H24BrClN2O2/c1-3-11-24-21(27)15(2)25(14-16-7-9-18(22)10-8-16)20(26)13-17-5-4-6-19(23)12-17/h4-10,12,15H,3,11,13-14H2,1-2H3,(H,24,27). The van der Waals surface area contributed by atoms with Gasteiger partial charge in [0.1, 0.15) is 6.04 Å². The molecule has 6 heteroatoms. The van der Waals surface area contributed by atoms with E-state index in [9.17, 15) is 9.59 Å². The van der Waals surface area contributed by atoms with E-state index in [1.165, 1.54) is 0 Å². The third kappa shape index (κ3) is 6.67. The number of hydrogen-bond donors (Lipinski definition) is 1. The minimum absolute atomic E-state index is 0.112. The van der Waals surface area contributed by atoms with Gasteiger partial charge in [-0.1, -0.05) is 58.7 Å². The number of rotatable bonds is 8. The molecule has 0 saturated carbocycles. The highest BCUT2D eigenvalue weighted by Gasteiger charge is 2.26. The highest BCUT2D eigenvalue weighted by Crippen LogP contribution is 2.17. The van der Waals surface area contributed by atoms with Gasteiger partial charge < -0.3 is 10.2 Å². The van der Waals surface area contributed by atoms with Gasteiger partial charge in [-0.2, -0.15) is 0 Å². The van der Waals surface area contributed by atoms with Crippen LogP contribution in [0, 0.1) is 0 Å². The van der Waals surface area contributed by atoms with Gasteiger partial charge in [0.15, 0.2) is 0 Å². The molecule has 0 saturated heterocycles. The van der Waals surface area contributed by atoms with Crippen LogP contribution in [0.3, 0.4) is 0 Å². The summed E-state index contributed by atoms with van der Waals surface area (Å²) in [5, 5.41) is 3.47. The zero-order valence-electron chi connectivity index (χ0n) is 15.5. The van der Waals surface area contributed by atoms with Crippen LogP contribution in [-0.2, 0) is 22.6 Å². The minimum Gasteiger partial charge on any atom is -0.354 e. The highest BCUT2D eigenvalue weighted by atomic mass is 79.9. The van der Waals surface area contributed by atoms with Crippen LogP contribution in [0.25, 0.3) is 0 Å². The van der Waals surface area contributed by atoms with Crippen LogP contribution in [0.4, 0.5) is 0 Å². The molecule has 1 atom stereocenters. The van der Waals surface area contributed by atoms with Crippen molar-refractivity contribution in [1.82, 2.24) is 10.2 Å². The average Bonchev–Trinajstić information content (AvgIpc) is 2.65. The molecule has 27 heavy (non-hydrogen) atoms. The Labute approximate surface area is 174 Å². The molecule has 1 unspecified atom stereocenters. The van der Waals surface area contributed by atoms with E-state index in [2.05, 4.69) is 21.2 Å². The van der Waals surface area contributed by atoms with E-state index < -0.39 is 6.04 Å². The Balaban J connectivity index is 2.20. The summed E-state index contributed by atoms with van der Waals surface area (Å²) >= 11 is 9.44. The largest absolute Gasteiger partial charge is 0.354 e. The zero-order valence-corrected chi connectivity index (χ0v) is 17.9. The molecular weight excluding hydrogens is 428 g/mol. The van der Waals surface area contributed by atoms with Gasteiger partial charge in [0.25, 0.3) is 0 Å². The second-order valence-electron chi connectivity index (χ2n) is 6.42. The summed E-state index contributed by atoms with van der Waals surface area (Å²) in [6.07, 6.45) is 1.05. The van der Waals surface area contributed by atoms with E-state index in [1.54, 1.807) is 24.0 Å². The molecule has 2 rings (SSSR count). The Hall–Kier alpha value is -1.85. The van der Waals surface area contributed by atoms with E-state index in [4.69, 9.17) is 11.6 Å². The van der Waals surface area contributed by atoms with Crippen molar-refractivity contribution in [2.75, 3.05) is 6.54 Å². The topological polar surface area (TPSA) is 49.4 Å². The lowest BCUT2D eigenvalue weighted by atomic mass is 10.1. The SMILES string of the molecule is CCCNC(=O)C(C)N(Cc1ccc(Br)cc1)C(=O)Cc1cccc(Cl)c1. The predicted octanol–water partition coefficient (Wildman–Crippen LogP) is 4.59. The van der Waals surface area contributed by atoms with Gasteiger partial charge in [0.05, 0.1) is 6.42 Å². The maximum atomic E-state index is 13.0. The zero-order chi connectivity index (χ0) is 19.8. The molecule has 2 amide bonds. The molecule has 0 aromatic heterocycles. The van der Waals surface area contributed by atoms with Crippen LogP contribution in [0.5, 0.6) is 0 Å². The van der Waals surface area contributed by atoms with Crippen molar-refractivity contribution in [3.63, 3.8) is 0 Å². The highest BCUT2D eigenvalue weighted by molar-refractivity contribution is 9.10. The minimum atomic E-state index is -0.563. The monoisotopic (exact) mass is 450 g/mol. The molecule has 4 nitrogen and oxygen atoms in total.